The average molecular weight is 392 g/mol. The third kappa shape index (κ3) is 11.2. The highest BCUT2D eigenvalue weighted by atomic mass is 127. The van der Waals surface area contributed by atoms with Gasteiger partial charge in [-0.15, -0.1) is 0 Å². The molecule has 2 heteroatoms. The molecule has 0 aromatic carbocycles. The Morgan fingerprint density at radius 2 is 1.67 bits per heavy atom. The van der Waals surface area contributed by atoms with E-state index in [1.54, 1.807) is 0 Å². The summed E-state index contributed by atoms with van der Waals surface area (Å²) in [5, 5.41) is 0. The van der Waals surface area contributed by atoms with Gasteiger partial charge in [0.15, 0.2) is 0 Å². The molecule has 0 aliphatic carbocycles. The van der Waals surface area contributed by atoms with E-state index >= 15 is 0 Å². The third-order valence-corrected chi connectivity index (χ3v) is 2.93. The molecular weight excluding hydrogens is 374 g/mol. The van der Waals surface area contributed by atoms with Gasteiger partial charge in [0.1, 0.15) is 0 Å². The summed E-state index contributed by atoms with van der Waals surface area (Å²) in [4.78, 5) is 0. The molecule has 12 heavy (non-hydrogen) atoms. The van der Waals surface area contributed by atoms with Crippen LogP contribution in [0.2, 0.25) is 0 Å². The third-order valence-electron chi connectivity index (χ3n) is 1.68. The van der Waals surface area contributed by atoms with E-state index in [1.807, 2.05) is 0 Å². The van der Waals surface area contributed by atoms with Crippen molar-refractivity contribution in [2.24, 2.45) is 0 Å². The average Bonchev–Trinajstić information content (AvgIpc) is 2.02. The van der Waals surface area contributed by atoms with Gasteiger partial charge in [-0.05, 0) is 25.7 Å². The summed E-state index contributed by atoms with van der Waals surface area (Å²) in [6, 6.07) is 0. The van der Waals surface area contributed by atoms with Crippen molar-refractivity contribution in [1.82, 2.24) is 0 Å². The lowest BCUT2D eigenvalue weighted by molar-refractivity contribution is 0.796. The second kappa shape index (κ2) is 10.3. The monoisotopic (exact) mass is 392 g/mol. The van der Waals surface area contributed by atoms with Crippen molar-refractivity contribution in [3.8, 4) is 0 Å². The molecule has 0 N–H and O–H groups in total. The molecule has 0 atom stereocenters. The predicted octanol–water partition coefficient (Wildman–Crippen LogP) is 5.10. The maximum atomic E-state index is 2.48. The van der Waals surface area contributed by atoms with Crippen molar-refractivity contribution in [3.05, 3.63) is 12.2 Å². The molecule has 72 valence electrons. The van der Waals surface area contributed by atoms with Crippen LogP contribution in [0.25, 0.3) is 0 Å². The molecule has 0 aliphatic heterocycles. The highest BCUT2D eigenvalue weighted by Crippen LogP contribution is 2.17. The maximum absolute atomic E-state index is 2.48. The van der Waals surface area contributed by atoms with Gasteiger partial charge in [-0.1, -0.05) is 77.1 Å². The Labute approximate surface area is 104 Å². The molecule has 0 rings (SSSR count). The molecular formula is C10H18I2. The van der Waals surface area contributed by atoms with Crippen LogP contribution in [0.5, 0.6) is 0 Å². The van der Waals surface area contributed by atoms with Crippen LogP contribution in [-0.4, -0.2) is 1.93 Å². The summed E-state index contributed by atoms with van der Waals surface area (Å²) >= 11 is 4.96. The van der Waals surface area contributed by atoms with Crippen LogP contribution in [0, 0.1) is 0 Å². The van der Waals surface area contributed by atoms with Gasteiger partial charge in [0.2, 0.25) is 0 Å². The molecule has 0 fully saturated rings. The summed E-state index contributed by atoms with van der Waals surface area (Å²) < 4.78 is 0.809. The molecule has 0 aliphatic rings. The first-order chi connectivity index (χ1) is 5.77. The van der Waals surface area contributed by atoms with Crippen LogP contribution < -0.4 is 0 Å². The van der Waals surface area contributed by atoms with Gasteiger partial charge >= 0.3 is 0 Å². The lowest BCUT2D eigenvalue weighted by Crippen LogP contribution is -1.82. The van der Waals surface area contributed by atoms with Crippen molar-refractivity contribution in [3.63, 3.8) is 0 Å². The number of hydrogen-bond donors (Lipinski definition) is 0. The molecule has 0 spiro atoms. The number of allylic oxidation sites excluding steroid dienone is 2. The van der Waals surface area contributed by atoms with Crippen LogP contribution in [0.3, 0.4) is 0 Å². The smallest absolute Gasteiger partial charge is 0.0626 e. The first-order valence-electron chi connectivity index (χ1n) is 4.70. The molecule has 0 amide bonds. The summed E-state index contributed by atoms with van der Waals surface area (Å²) in [6.45, 7) is 2.24. The lowest BCUT2D eigenvalue weighted by Gasteiger charge is -1.97. The second-order valence-electron chi connectivity index (χ2n) is 2.94. The van der Waals surface area contributed by atoms with E-state index in [1.165, 1.54) is 38.5 Å². The molecule has 0 saturated heterocycles. The highest BCUT2D eigenvalue weighted by Gasteiger charge is 1.94. The van der Waals surface area contributed by atoms with Gasteiger partial charge in [0, 0.05) is 0 Å². The minimum atomic E-state index is 0.809. The van der Waals surface area contributed by atoms with Crippen LogP contribution >= 0.6 is 45.2 Å². The van der Waals surface area contributed by atoms with Gasteiger partial charge in [-0.25, -0.2) is 0 Å². The van der Waals surface area contributed by atoms with E-state index in [4.69, 9.17) is 0 Å². The number of hydrogen-bond acceptors (Lipinski definition) is 0. The Morgan fingerprint density at radius 3 is 2.17 bits per heavy atom. The van der Waals surface area contributed by atoms with Gasteiger partial charge in [0.05, 0.1) is 1.93 Å². The van der Waals surface area contributed by atoms with E-state index < -0.39 is 0 Å². The Morgan fingerprint density at radius 1 is 1.08 bits per heavy atom. The summed E-state index contributed by atoms with van der Waals surface area (Å²) in [5.41, 5.74) is 0. The van der Waals surface area contributed by atoms with E-state index in [0.29, 0.717) is 0 Å². The first-order valence-corrected chi connectivity index (χ1v) is 7.19. The van der Waals surface area contributed by atoms with Crippen LogP contribution in [0.15, 0.2) is 12.2 Å². The lowest BCUT2D eigenvalue weighted by atomic mass is 10.2. The number of unbranched alkanes of at least 4 members (excludes halogenated alkanes) is 3. The number of halogens is 2. The Hall–Kier alpha value is 1.20. The van der Waals surface area contributed by atoms with Gasteiger partial charge in [0.25, 0.3) is 0 Å². The highest BCUT2D eigenvalue weighted by molar-refractivity contribution is 14.2. The van der Waals surface area contributed by atoms with Gasteiger partial charge in [-0.2, -0.15) is 0 Å². The quantitative estimate of drug-likeness (QED) is 0.245. The summed E-state index contributed by atoms with van der Waals surface area (Å²) in [6.07, 6.45) is 12.6. The van der Waals surface area contributed by atoms with Crippen molar-refractivity contribution in [2.75, 3.05) is 0 Å². The fourth-order valence-electron chi connectivity index (χ4n) is 0.948. The van der Waals surface area contributed by atoms with Gasteiger partial charge < -0.3 is 0 Å². The fourth-order valence-corrected chi connectivity index (χ4v) is 1.83. The zero-order chi connectivity index (χ0) is 9.23. The summed E-state index contributed by atoms with van der Waals surface area (Å²) in [5.74, 6) is 0. The van der Waals surface area contributed by atoms with Crippen LogP contribution in [0.1, 0.15) is 45.4 Å². The Kier molecular flexibility index (Phi) is 11.3. The first kappa shape index (κ1) is 13.2. The minimum Gasteiger partial charge on any atom is -0.0885 e. The molecule has 0 radical (unpaired) electrons. The molecule has 0 aromatic heterocycles. The molecule has 0 heterocycles. The zero-order valence-corrected chi connectivity index (χ0v) is 12.0. The predicted molar refractivity (Wildman–Crippen MR) is 74.3 cm³/mol. The van der Waals surface area contributed by atoms with Gasteiger partial charge in [-0.3, -0.25) is 0 Å². The van der Waals surface area contributed by atoms with E-state index in [-0.39, 0.29) is 0 Å². The SMILES string of the molecule is CCCCC=CCCCC(I)I. The molecule has 0 saturated carbocycles. The molecule has 0 aromatic rings. The molecule has 0 unspecified atom stereocenters. The standard InChI is InChI=1S/C10H18I2/c1-2-3-4-5-6-7-8-9-10(11)12/h5-6,10H,2-4,7-9H2,1H3. The maximum Gasteiger partial charge on any atom is 0.0626 e. The second-order valence-corrected chi connectivity index (χ2v) is 8.33. The molecule has 0 nitrogen and oxygen atoms in total. The molecule has 0 bridgehead atoms. The van der Waals surface area contributed by atoms with Crippen molar-refractivity contribution in [1.29, 1.82) is 0 Å². The Bertz CT molecular complexity index is 108. The fraction of sp³-hybridized carbons (Fsp3) is 0.800. The largest absolute Gasteiger partial charge is 0.0885 e. The zero-order valence-electron chi connectivity index (χ0n) is 7.73. The van der Waals surface area contributed by atoms with E-state index in [2.05, 4.69) is 64.3 Å². The van der Waals surface area contributed by atoms with E-state index in [9.17, 15) is 0 Å². The van der Waals surface area contributed by atoms with Crippen LogP contribution in [-0.2, 0) is 0 Å². The Balaban J connectivity index is 3.03. The van der Waals surface area contributed by atoms with Crippen LogP contribution in [0.4, 0.5) is 0 Å². The van der Waals surface area contributed by atoms with Crippen molar-refractivity contribution in [2.45, 2.75) is 47.4 Å². The van der Waals surface area contributed by atoms with Crippen molar-refractivity contribution >= 4 is 45.2 Å². The topological polar surface area (TPSA) is 0 Å². The minimum absolute atomic E-state index is 0.809. The van der Waals surface area contributed by atoms with E-state index in [0.717, 1.165) is 1.93 Å². The normalized spacial score (nSPS) is 11.7. The number of rotatable bonds is 7. The summed E-state index contributed by atoms with van der Waals surface area (Å²) in [7, 11) is 0. The number of alkyl halides is 2. The van der Waals surface area contributed by atoms with Crippen molar-refractivity contribution < 1.29 is 0 Å².